The minimum atomic E-state index is -0.312. The molecule has 4 rings (SSSR count). The smallest absolute Gasteiger partial charge is 0.324 e. The van der Waals surface area contributed by atoms with Crippen LogP contribution in [-0.4, -0.2) is 53.3 Å². The molecule has 6 heteroatoms. The fourth-order valence-electron chi connectivity index (χ4n) is 3.91. The van der Waals surface area contributed by atoms with Gasteiger partial charge in [0.1, 0.15) is 0 Å². The molecular formula is C22H23N3O3. The lowest BCUT2D eigenvalue weighted by Crippen LogP contribution is -2.49. The highest BCUT2D eigenvalue weighted by atomic mass is 16.2. The molecule has 2 aromatic carbocycles. The molecule has 144 valence electrons. The number of imide groups is 1. The van der Waals surface area contributed by atoms with Gasteiger partial charge in [-0.1, -0.05) is 54.6 Å². The number of hydrogen-bond donors (Lipinski definition) is 1. The summed E-state index contributed by atoms with van der Waals surface area (Å²) >= 11 is 0. The average Bonchev–Trinajstić information content (AvgIpc) is 3.07. The molecular weight excluding hydrogens is 354 g/mol. The summed E-state index contributed by atoms with van der Waals surface area (Å²) in [6.07, 6.45) is 1.64. The number of nitrogens with zero attached hydrogens (tertiary/aromatic N) is 2. The molecule has 28 heavy (non-hydrogen) atoms. The van der Waals surface area contributed by atoms with Gasteiger partial charge in [0.25, 0.3) is 0 Å². The van der Waals surface area contributed by atoms with Gasteiger partial charge in [0.15, 0.2) is 0 Å². The van der Waals surface area contributed by atoms with Gasteiger partial charge in [-0.05, 0) is 29.5 Å². The lowest BCUT2D eigenvalue weighted by Gasteiger charge is -2.35. The number of carbonyl (C=O) groups is 3. The molecule has 4 amide bonds. The molecule has 0 radical (unpaired) electrons. The van der Waals surface area contributed by atoms with Crippen molar-refractivity contribution in [3.05, 3.63) is 60.2 Å². The third kappa shape index (κ3) is 3.76. The number of hydrogen-bond acceptors (Lipinski definition) is 3. The normalized spacial score (nSPS) is 17.7. The fourth-order valence-corrected chi connectivity index (χ4v) is 3.91. The van der Waals surface area contributed by atoms with Crippen LogP contribution in [0.2, 0.25) is 0 Å². The van der Waals surface area contributed by atoms with E-state index in [1.165, 1.54) is 4.90 Å². The van der Waals surface area contributed by atoms with Gasteiger partial charge < -0.3 is 10.2 Å². The van der Waals surface area contributed by atoms with E-state index in [9.17, 15) is 14.4 Å². The van der Waals surface area contributed by atoms with Crippen LogP contribution >= 0.6 is 0 Å². The van der Waals surface area contributed by atoms with Crippen molar-refractivity contribution in [2.75, 3.05) is 19.6 Å². The molecule has 0 unspecified atom stereocenters. The quantitative estimate of drug-likeness (QED) is 0.832. The van der Waals surface area contributed by atoms with Crippen LogP contribution in [0.5, 0.6) is 0 Å². The van der Waals surface area contributed by atoms with Crippen LogP contribution < -0.4 is 5.32 Å². The summed E-state index contributed by atoms with van der Waals surface area (Å²) in [4.78, 5) is 39.4. The number of urea groups is 1. The van der Waals surface area contributed by atoms with Crippen LogP contribution in [0.1, 0.15) is 18.4 Å². The Kier molecular flexibility index (Phi) is 5.10. The minimum absolute atomic E-state index is 0.0803. The summed E-state index contributed by atoms with van der Waals surface area (Å²) in [6, 6.07) is 17.8. The maximum Gasteiger partial charge on any atom is 0.324 e. The van der Waals surface area contributed by atoms with Gasteiger partial charge in [-0.2, -0.15) is 0 Å². The first-order valence-electron chi connectivity index (χ1n) is 9.64. The molecule has 2 aliphatic heterocycles. The predicted molar refractivity (Wildman–Crippen MR) is 105 cm³/mol. The van der Waals surface area contributed by atoms with Crippen molar-refractivity contribution in [2.45, 2.75) is 25.3 Å². The number of amides is 4. The SMILES string of the molecule is O=C(Cc1ccc(-c2ccccc2)cc1)N1CCC(N2C(=O)CNC2=O)CC1. The molecule has 1 N–H and O–H groups in total. The van der Waals surface area contributed by atoms with Gasteiger partial charge >= 0.3 is 6.03 Å². The molecule has 6 nitrogen and oxygen atoms in total. The van der Waals surface area contributed by atoms with E-state index >= 15 is 0 Å². The zero-order chi connectivity index (χ0) is 19.5. The molecule has 0 saturated carbocycles. The van der Waals surface area contributed by atoms with Crippen LogP contribution in [0.15, 0.2) is 54.6 Å². The number of nitrogens with one attached hydrogen (secondary N) is 1. The van der Waals surface area contributed by atoms with Gasteiger partial charge in [0.05, 0.1) is 13.0 Å². The molecule has 0 atom stereocenters. The second-order valence-electron chi connectivity index (χ2n) is 7.27. The third-order valence-corrected chi connectivity index (χ3v) is 5.48. The molecule has 2 aliphatic rings. The van der Waals surface area contributed by atoms with E-state index in [0.29, 0.717) is 32.4 Å². The fraction of sp³-hybridized carbons (Fsp3) is 0.318. The van der Waals surface area contributed by atoms with E-state index in [-0.39, 0.29) is 30.4 Å². The van der Waals surface area contributed by atoms with Crippen molar-refractivity contribution in [1.29, 1.82) is 0 Å². The lowest BCUT2D eigenvalue weighted by molar-refractivity contribution is -0.132. The maximum atomic E-state index is 12.6. The van der Waals surface area contributed by atoms with Crippen LogP contribution in [0.25, 0.3) is 11.1 Å². The summed E-state index contributed by atoms with van der Waals surface area (Å²) in [5, 5.41) is 2.56. The number of benzene rings is 2. The maximum absolute atomic E-state index is 12.6. The van der Waals surface area contributed by atoms with Crippen LogP contribution in [0.4, 0.5) is 4.79 Å². The lowest BCUT2D eigenvalue weighted by atomic mass is 10.0. The van der Waals surface area contributed by atoms with E-state index in [1.807, 2.05) is 47.4 Å². The zero-order valence-corrected chi connectivity index (χ0v) is 15.6. The monoisotopic (exact) mass is 377 g/mol. The van der Waals surface area contributed by atoms with E-state index < -0.39 is 0 Å². The standard InChI is InChI=1S/C22H23N3O3/c26-20(14-16-6-8-18(9-7-16)17-4-2-1-3-5-17)24-12-10-19(11-13-24)25-21(27)15-23-22(25)28/h1-9,19H,10-15H2,(H,23,28). The summed E-state index contributed by atoms with van der Waals surface area (Å²) in [5.41, 5.74) is 3.27. The van der Waals surface area contributed by atoms with Crippen LogP contribution in [-0.2, 0) is 16.0 Å². The number of piperidine rings is 1. The Balaban J connectivity index is 1.32. The molecule has 0 aromatic heterocycles. The van der Waals surface area contributed by atoms with E-state index in [0.717, 1.165) is 16.7 Å². The molecule has 0 aliphatic carbocycles. The molecule has 0 bridgehead atoms. The van der Waals surface area contributed by atoms with Crippen molar-refractivity contribution in [1.82, 2.24) is 15.1 Å². The summed E-state index contributed by atoms with van der Waals surface area (Å²) in [7, 11) is 0. The number of carbonyl (C=O) groups excluding carboxylic acids is 3. The highest BCUT2D eigenvalue weighted by Crippen LogP contribution is 2.21. The average molecular weight is 377 g/mol. The van der Waals surface area contributed by atoms with Crippen LogP contribution in [0.3, 0.4) is 0 Å². The highest BCUT2D eigenvalue weighted by Gasteiger charge is 2.37. The minimum Gasteiger partial charge on any atom is -0.342 e. The van der Waals surface area contributed by atoms with Gasteiger partial charge in [0, 0.05) is 19.1 Å². The Hall–Kier alpha value is -3.15. The van der Waals surface area contributed by atoms with Crippen LogP contribution in [0, 0.1) is 0 Å². The Morgan fingerprint density at radius 1 is 0.929 bits per heavy atom. The molecule has 2 aromatic rings. The van der Waals surface area contributed by atoms with Crippen molar-refractivity contribution in [3.8, 4) is 11.1 Å². The van der Waals surface area contributed by atoms with E-state index in [4.69, 9.17) is 0 Å². The number of rotatable bonds is 4. The predicted octanol–water partition coefficient (Wildman–Crippen LogP) is 2.44. The largest absolute Gasteiger partial charge is 0.342 e. The summed E-state index contributed by atoms with van der Waals surface area (Å²) < 4.78 is 0. The second-order valence-corrected chi connectivity index (χ2v) is 7.27. The van der Waals surface area contributed by atoms with Crippen molar-refractivity contribution < 1.29 is 14.4 Å². The van der Waals surface area contributed by atoms with Gasteiger partial charge in [-0.15, -0.1) is 0 Å². The Bertz CT molecular complexity index is 856. The van der Waals surface area contributed by atoms with Crippen molar-refractivity contribution in [2.24, 2.45) is 0 Å². The van der Waals surface area contributed by atoms with E-state index in [1.54, 1.807) is 0 Å². The first kappa shape index (κ1) is 18.2. The first-order valence-corrected chi connectivity index (χ1v) is 9.64. The Labute approximate surface area is 164 Å². The molecule has 2 fully saturated rings. The van der Waals surface area contributed by atoms with Crippen molar-refractivity contribution in [3.63, 3.8) is 0 Å². The zero-order valence-electron chi connectivity index (χ0n) is 15.6. The van der Waals surface area contributed by atoms with Gasteiger partial charge in [-0.25, -0.2) is 4.79 Å². The topological polar surface area (TPSA) is 69.7 Å². The highest BCUT2D eigenvalue weighted by molar-refractivity contribution is 6.02. The second kappa shape index (κ2) is 7.84. The molecule has 0 spiro atoms. The Morgan fingerprint density at radius 3 is 2.18 bits per heavy atom. The molecule has 2 heterocycles. The Morgan fingerprint density at radius 2 is 1.57 bits per heavy atom. The summed E-state index contributed by atoms with van der Waals surface area (Å²) in [5.74, 6) is -0.0867. The van der Waals surface area contributed by atoms with Gasteiger partial charge in [0.2, 0.25) is 11.8 Å². The number of likely N-dealkylation sites (tertiary alicyclic amines) is 1. The molecule has 2 saturated heterocycles. The van der Waals surface area contributed by atoms with Crippen molar-refractivity contribution >= 4 is 17.8 Å². The first-order chi connectivity index (χ1) is 13.6. The van der Waals surface area contributed by atoms with E-state index in [2.05, 4.69) is 17.4 Å². The summed E-state index contributed by atoms with van der Waals surface area (Å²) in [6.45, 7) is 1.22. The third-order valence-electron chi connectivity index (χ3n) is 5.48. The van der Waals surface area contributed by atoms with Gasteiger partial charge in [-0.3, -0.25) is 14.5 Å².